The zero-order valence-corrected chi connectivity index (χ0v) is 19.1. The Hall–Kier alpha value is 0.360. The van der Waals surface area contributed by atoms with Gasteiger partial charge in [-0.15, -0.1) is 0 Å². The van der Waals surface area contributed by atoms with Crippen molar-refractivity contribution in [3.63, 3.8) is 0 Å². The average Bonchev–Trinajstić information content (AvgIpc) is 3.35. The third-order valence-corrected chi connectivity index (χ3v) is 11.3. The fourth-order valence-corrected chi connectivity index (χ4v) is 10.2. The summed E-state index contributed by atoms with van der Waals surface area (Å²) in [5.74, 6) is 2.92. The van der Waals surface area contributed by atoms with Crippen molar-refractivity contribution in [1.29, 1.82) is 0 Å². The molecule has 1 N–H and O–H groups in total. The molecule has 0 atom stereocenters. The molecule has 0 aromatic carbocycles. The molecule has 26 heavy (non-hydrogen) atoms. The number of likely N-dealkylation sites (tertiary alicyclic amines) is 1. The topological polar surface area (TPSA) is 74.7 Å². The molecule has 0 radical (unpaired) electrons. The van der Waals surface area contributed by atoms with Gasteiger partial charge in [0.1, 0.15) is 0 Å². The summed E-state index contributed by atoms with van der Waals surface area (Å²) in [6, 6.07) is 0. The summed E-state index contributed by atoms with van der Waals surface area (Å²) in [7, 11) is 7.03. The van der Waals surface area contributed by atoms with Crippen molar-refractivity contribution in [1.82, 2.24) is 4.90 Å². The van der Waals surface area contributed by atoms with E-state index in [0.717, 1.165) is 47.9 Å². The van der Waals surface area contributed by atoms with Gasteiger partial charge in [-0.2, -0.15) is 0 Å². The van der Waals surface area contributed by atoms with E-state index in [4.69, 9.17) is 5.11 Å². The van der Waals surface area contributed by atoms with Crippen LogP contribution in [-0.4, -0.2) is 68.9 Å². The standard InChI is InChI=1S/C9H15NOS2.C7H10O3S3/c1-9(6-12-13-7-9)8(11)10-4-2-3-5-10;1-7(3-12-13-4-7)6(10)11-2-5(8)9/h2-7H2,1H3;2-4H2,1H3,(H,8,9). The zero-order chi connectivity index (χ0) is 19.2. The molecule has 0 spiro atoms. The van der Waals surface area contributed by atoms with Crippen LogP contribution in [0.4, 0.5) is 0 Å². The fraction of sp³-hybridized carbons (Fsp3) is 0.812. The highest BCUT2D eigenvalue weighted by Gasteiger charge is 2.41. The largest absolute Gasteiger partial charge is 0.481 e. The second-order valence-electron chi connectivity index (χ2n) is 7.14. The molecule has 10 heteroatoms. The molecule has 3 fully saturated rings. The number of aliphatic carboxylic acids is 1. The Kier molecular flexibility index (Phi) is 8.91. The minimum absolute atomic E-state index is 0.00685. The second-order valence-corrected chi connectivity index (χ2v) is 13.0. The molecule has 3 rings (SSSR count). The average molecular weight is 456 g/mol. The van der Waals surface area contributed by atoms with Crippen LogP contribution in [0.25, 0.3) is 0 Å². The molecule has 0 unspecified atom stereocenters. The van der Waals surface area contributed by atoms with E-state index < -0.39 is 5.97 Å². The van der Waals surface area contributed by atoms with Crippen LogP contribution in [0, 0.1) is 10.8 Å². The van der Waals surface area contributed by atoms with E-state index in [2.05, 4.69) is 6.92 Å². The number of hydrogen-bond acceptors (Lipinski definition) is 8. The number of amides is 1. The molecule has 0 saturated carbocycles. The first-order valence-electron chi connectivity index (χ1n) is 8.44. The summed E-state index contributed by atoms with van der Waals surface area (Å²) < 4.78 is 0. The molecule has 1 amide bonds. The van der Waals surface area contributed by atoms with Gasteiger partial charge in [-0.1, -0.05) is 61.9 Å². The molecule has 3 aliphatic heterocycles. The minimum atomic E-state index is -0.930. The molecule has 5 nitrogen and oxygen atoms in total. The van der Waals surface area contributed by atoms with Gasteiger partial charge in [-0.25, -0.2) is 0 Å². The summed E-state index contributed by atoms with van der Waals surface area (Å²) in [5, 5.41) is 8.41. The van der Waals surface area contributed by atoms with Crippen molar-refractivity contribution in [3.8, 4) is 0 Å². The Balaban J connectivity index is 0.000000187. The fourth-order valence-electron chi connectivity index (χ4n) is 2.62. The van der Waals surface area contributed by atoms with Gasteiger partial charge in [-0.05, 0) is 19.8 Å². The Bertz CT molecular complexity index is 527. The van der Waals surface area contributed by atoms with Crippen LogP contribution in [0.3, 0.4) is 0 Å². The van der Waals surface area contributed by atoms with Crippen LogP contribution in [0.5, 0.6) is 0 Å². The Labute approximate surface area is 175 Å². The first-order chi connectivity index (χ1) is 12.3. The highest BCUT2D eigenvalue weighted by Crippen LogP contribution is 2.45. The van der Waals surface area contributed by atoms with Gasteiger partial charge >= 0.3 is 5.97 Å². The lowest BCUT2D eigenvalue weighted by Gasteiger charge is -2.27. The molecule has 0 aliphatic carbocycles. The first kappa shape index (κ1) is 22.6. The molecule has 3 heterocycles. The minimum Gasteiger partial charge on any atom is -0.481 e. The molecule has 3 saturated heterocycles. The molecule has 0 bridgehead atoms. The number of carbonyl (C=O) groups is 3. The van der Waals surface area contributed by atoms with Crippen LogP contribution in [-0.2, 0) is 14.4 Å². The zero-order valence-electron chi connectivity index (χ0n) is 15.0. The molecular formula is C16H25NO4S5. The SMILES string of the molecule is CC1(C(=O)N2CCCC2)CSSC1.CC1(C(=O)SCC(=O)O)CSSC1. The van der Waals surface area contributed by atoms with Crippen LogP contribution in [0.2, 0.25) is 0 Å². The maximum Gasteiger partial charge on any atom is 0.313 e. The lowest BCUT2D eigenvalue weighted by molar-refractivity contribution is -0.137. The molecule has 148 valence electrons. The number of hydrogen-bond donors (Lipinski definition) is 1. The lowest BCUT2D eigenvalue weighted by Crippen LogP contribution is -2.42. The third-order valence-electron chi connectivity index (χ3n) is 4.41. The van der Waals surface area contributed by atoms with E-state index in [1.165, 1.54) is 12.8 Å². The summed E-state index contributed by atoms with van der Waals surface area (Å²) in [4.78, 5) is 35.9. The van der Waals surface area contributed by atoms with Crippen LogP contribution in [0.15, 0.2) is 0 Å². The number of nitrogens with zero attached hydrogens (tertiary/aromatic N) is 1. The van der Waals surface area contributed by atoms with Crippen LogP contribution in [0.1, 0.15) is 26.7 Å². The maximum absolute atomic E-state index is 12.1. The predicted octanol–water partition coefficient (Wildman–Crippen LogP) is 3.74. The second kappa shape index (κ2) is 10.2. The van der Waals surface area contributed by atoms with Gasteiger partial charge in [0.2, 0.25) is 5.91 Å². The lowest BCUT2D eigenvalue weighted by atomic mass is 9.94. The van der Waals surface area contributed by atoms with Crippen molar-refractivity contribution in [2.45, 2.75) is 26.7 Å². The predicted molar refractivity (Wildman–Crippen MR) is 117 cm³/mol. The van der Waals surface area contributed by atoms with Gasteiger partial charge in [0.15, 0.2) is 5.12 Å². The van der Waals surface area contributed by atoms with E-state index in [-0.39, 0.29) is 21.7 Å². The van der Waals surface area contributed by atoms with Crippen molar-refractivity contribution >= 4 is 71.9 Å². The van der Waals surface area contributed by atoms with Gasteiger partial charge < -0.3 is 10.0 Å². The Morgan fingerprint density at radius 1 is 0.923 bits per heavy atom. The van der Waals surface area contributed by atoms with Gasteiger partial charge in [0, 0.05) is 36.1 Å². The smallest absolute Gasteiger partial charge is 0.313 e. The van der Waals surface area contributed by atoms with E-state index >= 15 is 0 Å². The molecular weight excluding hydrogens is 431 g/mol. The van der Waals surface area contributed by atoms with Gasteiger partial charge in [-0.3, -0.25) is 14.4 Å². The highest BCUT2D eigenvalue weighted by atomic mass is 33.1. The van der Waals surface area contributed by atoms with E-state index in [1.807, 2.05) is 33.4 Å². The van der Waals surface area contributed by atoms with Crippen molar-refractivity contribution in [2.24, 2.45) is 10.8 Å². The van der Waals surface area contributed by atoms with Crippen LogP contribution < -0.4 is 0 Å². The molecule has 0 aromatic heterocycles. The van der Waals surface area contributed by atoms with Crippen molar-refractivity contribution < 1.29 is 19.5 Å². The molecule has 3 aliphatic rings. The monoisotopic (exact) mass is 455 g/mol. The maximum atomic E-state index is 12.1. The van der Waals surface area contributed by atoms with Gasteiger partial charge in [0.25, 0.3) is 0 Å². The van der Waals surface area contributed by atoms with Crippen molar-refractivity contribution in [2.75, 3.05) is 41.9 Å². The molecule has 0 aromatic rings. The first-order valence-corrected chi connectivity index (χ1v) is 14.4. The van der Waals surface area contributed by atoms with E-state index in [1.54, 1.807) is 21.6 Å². The Morgan fingerprint density at radius 3 is 1.85 bits per heavy atom. The summed E-state index contributed by atoms with van der Waals surface area (Å²) in [6.07, 6.45) is 2.39. The number of rotatable bonds is 4. The normalized spacial score (nSPS) is 23.4. The number of carbonyl (C=O) groups excluding carboxylic acids is 2. The van der Waals surface area contributed by atoms with E-state index in [9.17, 15) is 14.4 Å². The summed E-state index contributed by atoms with van der Waals surface area (Å²) in [6.45, 7) is 5.99. The summed E-state index contributed by atoms with van der Waals surface area (Å²) in [5.41, 5.74) is -0.394. The quantitative estimate of drug-likeness (QED) is 0.638. The third kappa shape index (κ3) is 6.18. The number of thioether (sulfide) groups is 1. The van der Waals surface area contributed by atoms with Crippen LogP contribution >= 0.6 is 54.9 Å². The Morgan fingerprint density at radius 2 is 1.38 bits per heavy atom. The van der Waals surface area contributed by atoms with E-state index in [0.29, 0.717) is 5.91 Å². The number of carboxylic acid groups (broad SMARTS) is 1. The highest BCUT2D eigenvalue weighted by molar-refractivity contribution is 8.77. The van der Waals surface area contributed by atoms with Gasteiger partial charge in [0.05, 0.1) is 16.6 Å². The number of carboxylic acids is 1. The van der Waals surface area contributed by atoms with Crippen molar-refractivity contribution in [3.05, 3.63) is 0 Å². The summed E-state index contributed by atoms with van der Waals surface area (Å²) >= 11 is 0.916.